The van der Waals surface area contributed by atoms with Crippen LogP contribution in [0.15, 0.2) is 48.5 Å². The van der Waals surface area contributed by atoms with Gasteiger partial charge in [-0.15, -0.1) is 0 Å². The minimum Gasteiger partial charge on any atom is -0.338 e. The number of hydrogen-bond acceptors (Lipinski definition) is 3. The van der Waals surface area contributed by atoms with Crippen LogP contribution in [0.4, 0.5) is 8.78 Å². The summed E-state index contributed by atoms with van der Waals surface area (Å²) in [5.74, 6) is -1.57. The maximum Gasteiger partial charge on any atom is 0.254 e. The van der Waals surface area contributed by atoms with Crippen molar-refractivity contribution >= 4 is 5.91 Å². The van der Waals surface area contributed by atoms with Crippen LogP contribution in [0.3, 0.4) is 0 Å². The van der Waals surface area contributed by atoms with E-state index in [0.29, 0.717) is 19.1 Å². The van der Waals surface area contributed by atoms with Gasteiger partial charge in [0.2, 0.25) is 0 Å². The lowest BCUT2D eigenvalue weighted by atomic mass is 9.84. The second kappa shape index (κ2) is 8.59. The molecule has 6 heteroatoms. The minimum absolute atomic E-state index is 0.0763. The standard InChI is InChI=1S/C23H27F2N3O/c1-26-9-11-27(12-10-26)22-7-8-28(16-21(22)17-5-3-2-4-6-17)23(29)18-13-19(24)15-20(25)14-18/h2-6,13-15,21-22H,7-12,16H2,1H3. The zero-order valence-corrected chi connectivity index (χ0v) is 16.7. The third-order valence-corrected chi connectivity index (χ3v) is 6.21. The molecule has 0 saturated carbocycles. The number of rotatable bonds is 3. The Labute approximate surface area is 170 Å². The molecule has 0 N–H and O–H groups in total. The number of carbonyl (C=O) groups is 1. The van der Waals surface area contributed by atoms with Gasteiger partial charge in [-0.3, -0.25) is 9.69 Å². The smallest absolute Gasteiger partial charge is 0.254 e. The van der Waals surface area contributed by atoms with Gasteiger partial charge in [-0.2, -0.15) is 0 Å². The molecular formula is C23H27F2N3O. The molecule has 2 saturated heterocycles. The molecule has 154 valence electrons. The Morgan fingerprint density at radius 1 is 0.931 bits per heavy atom. The number of likely N-dealkylation sites (N-methyl/N-ethyl adjacent to an activating group) is 1. The van der Waals surface area contributed by atoms with E-state index in [0.717, 1.165) is 50.8 Å². The first-order chi connectivity index (χ1) is 14.0. The molecular weight excluding hydrogens is 372 g/mol. The summed E-state index contributed by atoms with van der Waals surface area (Å²) < 4.78 is 27.2. The average Bonchev–Trinajstić information content (AvgIpc) is 2.73. The number of amides is 1. The Morgan fingerprint density at radius 2 is 1.59 bits per heavy atom. The second-order valence-electron chi connectivity index (χ2n) is 8.12. The second-order valence-corrected chi connectivity index (χ2v) is 8.12. The maximum absolute atomic E-state index is 13.6. The first kappa shape index (κ1) is 20.0. The van der Waals surface area contributed by atoms with Crippen molar-refractivity contribution < 1.29 is 13.6 Å². The molecule has 0 bridgehead atoms. The quantitative estimate of drug-likeness (QED) is 0.793. The van der Waals surface area contributed by atoms with Crippen LogP contribution in [0.5, 0.6) is 0 Å². The van der Waals surface area contributed by atoms with Crippen LogP contribution in [0, 0.1) is 11.6 Å². The Morgan fingerprint density at radius 3 is 2.24 bits per heavy atom. The van der Waals surface area contributed by atoms with Gasteiger partial charge in [-0.05, 0) is 31.2 Å². The zero-order valence-electron chi connectivity index (χ0n) is 16.7. The lowest BCUT2D eigenvalue weighted by Gasteiger charge is -2.46. The Balaban J connectivity index is 1.57. The SMILES string of the molecule is CN1CCN(C2CCN(C(=O)c3cc(F)cc(F)c3)CC2c2ccccc2)CC1. The number of likely N-dealkylation sites (tertiary alicyclic amines) is 1. The van der Waals surface area contributed by atoms with Gasteiger partial charge in [0, 0.05) is 62.9 Å². The fraction of sp³-hybridized carbons (Fsp3) is 0.435. The molecule has 2 atom stereocenters. The van der Waals surface area contributed by atoms with Crippen molar-refractivity contribution in [3.8, 4) is 0 Å². The largest absolute Gasteiger partial charge is 0.338 e. The van der Waals surface area contributed by atoms with E-state index in [-0.39, 0.29) is 17.4 Å². The van der Waals surface area contributed by atoms with Crippen LogP contribution in [-0.4, -0.2) is 73.0 Å². The summed E-state index contributed by atoms with van der Waals surface area (Å²) in [4.78, 5) is 19.6. The summed E-state index contributed by atoms with van der Waals surface area (Å²) in [5, 5.41) is 0. The van der Waals surface area contributed by atoms with Crippen LogP contribution in [0.1, 0.15) is 28.3 Å². The lowest BCUT2D eigenvalue weighted by molar-refractivity contribution is 0.0427. The molecule has 0 spiro atoms. The van der Waals surface area contributed by atoms with Crippen LogP contribution in [-0.2, 0) is 0 Å². The molecule has 0 aliphatic carbocycles. The predicted octanol–water partition coefficient (Wildman–Crippen LogP) is 3.21. The molecule has 29 heavy (non-hydrogen) atoms. The molecule has 2 fully saturated rings. The number of hydrogen-bond donors (Lipinski definition) is 0. The summed E-state index contributed by atoms with van der Waals surface area (Å²) in [5.41, 5.74) is 1.28. The van der Waals surface area contributed by atoms with Crippen molar-refractivity contribution in [2.45, 2.75) is 18.4 Å². The Hall–Kier alpha value is -2.31. The number of piperazine rings is 1. The first-order valence-electron chi connectivity index (χ1n) is 10.2. The van der Waals surface area contributed by atoms with E-state index >= 15 is 0 Å². The minimum atomic E-state index is -0.722. The van der Waals surface area contributed by atoms with Crippen molar-refractivity contribution in [2.24, 2.45) is 0 Å². The molecule has 0 aromatic heterocycles. The topological polar surface area (TPSA) is 26.8 Å². The molecule has 4 nitrogen and oxygen atoms in total. The summed E-state index contributed by atoms with van der Waals surface area (Å²) >= 11 is 0. The van der Waals surface area contributed by atoms with E-state index in [1.165, 1.54) is 5.56 Å². The number of carbonyl (C=O) groups excluding carboxylic acids is 1. The number of halogens is 2. The third-order valence-electron chi connectivity index (χ3n) is 6.21. The van der Waals surface area contributed by atoms with Crippen molar-refractivity contribution in [3.05, 3.63) is 71.3 Å². The molecule has 2 aliphatic heterocycles. The van der Waals surface area contributed by atoms with E-state index in [9.17, 15) is 13.6 Å². The Bertz CT molecular complexity index is 832. The summed E-state index contributed by atoms with van der Waals surface area (Å²) in [6, 6.07) is 13.7. The highest BCUT2D eigenvalue weighted by atomic mass is 19.1. The molecule has 2 aromatic carbocycles. The number of piperidine rings is 1. The van der Waals surface area contributed by atoms with E-state index in [1.807, 2.05) is 18.2 Å². The molecule has 2 heterocycles. The Kier molecular flexibility index (Phi) is 5.92. The van der Waals surface area contributed by atoms with Gasteiger partial charge in [0.25, 0.3) is 5.91 Å². The van der Waals surface area contributed by atoms with Gasteiger partial charge in [-0.1, -0.05) is 30.3 Å². The highest BCUT2D eigenvalue weighted by Gasteiger charge is 2.37. The first-order valence-corrected chi connectivity index (χ1v) is 10.2. The van der Waals surface area contributed by atoms with Gasteiger partial charge in [0.15, 0.2) is 0 Å². The zero-order chi connectivity index (χ0) is 20.4. The summed E-state index contributed by atoms with van der Waals surface area (Å²) in [6.07, 6.45) is 0.854. The van der Waals surface area contributed by atoms with E-state index < -0.39 is 11.6 Å². The number of benzene rings is 2. The van der Waals surface area contributed by atoms with E-state index in [2.05, 4.69) is 29.0 Å². The average molecular weight is 399 g/mol. The van der Waals surface area contributed by atoms with Crippen LogP contribution in [0.25, 0.3) is 0 Å². The van der Waals surface area contributed by atoms with Crippen molar-refractivity contribution in [1.82, 2.24) is 14.7 Å². The molecule has 1 amide bonds. The molecule has 0 radical (unpaired) electrons. The van der Waals surface area contributed by atoms with E-state index in [4.69, 9.17) is 0 Å². The van der Waals surface area contributed by atoms with E-state index in [1.54, 1.807) is 4.90 Å². The van der Waals surface area contributed by atoms with Crippen molar-refractivity contribution in [3.63, 3.8) is 0 Å². The third kappa shape index (κ3) is 4.49. The van der Waals surface area contributed by atoms with Crippen LogP contribution < -0.4 is 0 Å². The molecule has 2 aromatic rings. The molecule has 2 unspecified atom stereocenters. The van der Waals surface area contributed by atoms with Gasteiger partial charge >= 0.3 is 0 Å². The highest BCUT2D eigenvalue weighted by Crippen LogP contribution is 2.32. The number of nitrogens with zero attached hydrogens (tertiary/aromatic N) is 3. The van der Waals surface area contributed by atoms with Crippen LogP contribution >= 0.6 is 0 Å². The highest BCUT2D eigenvalue weighted by molar-refractivity contribution is 5.94. The summed E-state index contributed by atoms with van der Waals surface area (Å²) in [6.45, 7) is 5.28. The lowest BCUT2D eigenvalue weighted by Crippen LogP contribution is -2.56. The predicted molar refractivity (Wildman–Crippen MR) is 109 cm³/mol. The van der Waals surface area contributed by atoms with Gasteiger partial charge in [-0.25, -0.2) is 8.78 Å². The van der Waals surface area contributed by atoms with Gasteiger partial charge in [0.1, 0.15) is 11.6 Å². The summed E-state index contributed by atoms with van der Waals surface area (Å²) in [7, 11) is 2.14. The molecule has 2 aliphatic rings. The fourth-order valence-electron chi connectivity index (χ4n) is 4.60. The monoisotopic (exact) mass is 399 g/mol. The van der Waals surface area contributed by atoms with Gasteiger partial charge in [0.05, 0.1) is 0 Å². The maximum atomic E-state index is 13.6. The van der Waals surface area contributed by atoms with Crippen molar-refractivity contribution in [1.29, 1.82) is 0 Å². The fourth-order valence-corrected chi connectivity index (χ4v) is 4.60. The van der Waals surface area contributed by atoms with Gasteiger partial charge < -0.3 is 9.80 Å². The van der Waals surface area contributed by atoms with Crippen LogP contribution in [0.2, 0.25) is 0 Å². The van der Waals surface area contributed by atoms with Crippen molar-refractivity contribution in [2.75, 3.05) is 46.3 Å². The normalized spacial score (nSPS) is 23.9. The molecule has 4 rings (SSSR count).